The minimum atomic E-state index is 0.728. The quantitative estimate of drug-likeness (QED) is 0.550. The van der Waals surface area contributed by atoms with Crippen LogP contribution in [0.2, 0.25) is 5.02 Å². The summed E-state index contributed by atoms with van der Waals surface area (Å²) in [6, 6.07) is 16.1. The summed E-state index contributed by atoms with van der Waals surface area (Å²) in [4.78, 5) is 4.60. The van der Waals surface area contributed by atoms with Crippen molar-refractivity contribution in [3.63, 3.8) is 0 Å². The Hall–Kier alpha value is -2.59. The maximum atomic E-state index is 5.99. The summed E-state index contributed by atoms with van der Waals surface area (Å²) in [5.74, 6) is 0.826. The van der Waals surface area contributed by atoms with Crippen LogP contribution in [0.15, 0.2) is 54.7 Å². The van der Waals surface area contributed by atoms with Crippen molar-refractivity contribution in [3.05, 3.63) is 76.7 Å². The summed E-state index contributed by atoms with van der Waals surface area (Å²) in [6.45, 7) is 4.81. The van der Waals surface area contributed by atoms with Gasteiger partial charge in [0.2, 0.25) is 5.95 Å². The molecule has 4 rings (SSSR count). The van der Waals surface area contributed by atoms with Crippen LogP contribution < -0.4 is 0 Å². The van der Waals surface area contributed by atoms with Gasteiger partial charge in [-0.1, -0.05) is 41.9 Å². The van der Waals surface area contributed by atoms with E-state index in [1.807, 2.05) is 54.2 Å². The summed E-state index contributed by atoms with van der Waals surface area (Å²) < 4.78 is 4.09. The molecular weight excluding hydrogens is 320 g/mol. The van der Waals surface area contributed by atoms with Gasteiger partial charge in [-0.25, -0.2) is 4.98 Å². The van der Waals surface area contributed by atoms with Crippen LogP contribution in [0.5, 0.6) is 0 Å². The van der Waals surface area contributed by atoms with Gasteiger partial charge in [0.15, 0.2) is 0 Å². The predicted octanol–water partition coefficient (Wildman–Crippen LogP) is 4.54. The third-order valence-electron chi connectivity index (χ3n) is 4.25. The lowest BCUT2D eigenvalue weighted by atomic mass is 10.2. The molecule has 0 amide bonds. The maximum absolute atomic E-state index is 5.99. The van der Waals surface area contributed by atoms with Crippen LogP contribution >= 0.6 is 11.6 Å². The molecule has 0 unspecified atom stereocenters. The number of aromatic nitrogens is 4. The number of rotatable bonds is 3. The summed E-state index contributed by atoms with van der Waals surface area (Å²) in [7, 11) is 0. The first-order valence-electron chi connectivity index (χ1n) is 7.85. The Morgan fingerprint density at radius 3 is 2.54 bits per heavy atom. The number of hydrogen-bond acceptors (Lipinski definition) is 2. The molecule has 120 valence electrons. The molecule has 2 aromatic heterocycles. The largest absolute Gasteiger partial charge is 0.309 e. The molecule has 0 bridgehead atoms. The fourth-order valence-electron chi connectivity index (χ4n) is 2.96. The van der Waals surface area contributed by atoms with Crippen molar-refractivity contribution in [1.29, 1.82) is 0 Å². The van der Waals surface area contributed by atoms with Crippen LogP contribution in [-0.4, -0.2) is 19.3 Å². The lowest BCUT2D eigenvalue weighted by molar-refractivity contribution is 0.698. The third kappa shape index (κ3) is 2.49. The van der Waals surface area contributed by atoms with Crippen molar-refractivity contribution < 1.29 is 0 Å². The van der Waals surface area contributed by atoms with E-state index in [1.165, 1.54) is 5.56 Å². The zero-order valence-electron chi connectivity index (χ0n) is 13.6. The second-order valence-corrected chi connectivity index (χ2v) is 6.36. The molecular formula is C19H17ClN4. The number of fused-ring (bicyclic) bond motifs is 1. The summed E-state index contributed by atoms with van der Waals surface area (Å²) in [5.41, 5.74) is 4.34. The Bertz CT molecular complexity index is 1010. The van der Waals surface area contributed by atoms with Gasteiger partial charge < -0.3 is 4.57 Å². The van der Waals surface area contributed by atoms with Gasteiger partial charge in [-0.15, -0.1) is 0 Å². The van der Waals surface area contributed by atoms with E-state index in [4.69, 9.17) is 16.7 Å². The fourth-order valence-corrected chi connectivity index (χ4v) is 3.09. The smallest absolute Gasteiger partial charge is 0.231 e. The van der Waals surface area contributed by atoms with E-state index in [2.05, 4.69) is 28.6 Å². The highest BCUT2D eigenvalue weighted by Crippen LogP contribution is 2.22. The predicted molar refractivity (Wildman–Crippen MR) is 96.9 cm³/mol. The van der Waals surface area contributed by atoms with Gasteiger partial charge in [0.1, 0.15) is 0 Å². The highest BCUT2D eigenvalue weighted by atomic mass is 35.5. The monoisotopic (exact) mass is 336 g/mol. The third-order valence-corrected chi connectivity index (χ3v) is 4.50. The first-order valence-corrected chi connectivity index (χ1v) is 8.22. The molecule has 4 nitrogen and oxygen atoms in total. The van der Waals surface area contributed by atoms with E-state index in [0.29, 0.717) is 0 Å². The van der Waals surface area contributed by atoms with Gasteiger partial charge in [-0.3, -0.25) is 0 Å². The lowest BCUT2D eigenvalue weighted by Crippen LogP contribution is -2.10. The number of aryl methyl sites for hydroxylation is 2. The summed E-state index contributed by atoms with van der Waals surface area (Å²) in [5, 5.41) is 6.60. The Morgan fingerprint density at radius 1 is 1.00 bits per heavy atom. The van der Waals surface area contributed by atoms with Gasteiger partial charge >= 0.3 is 0 Å². The Kier molecular flexibility index (Phi) is 3.62. The molecule has 2 aromatic carbocycles. The standard InChI is InChI=1S/C19H17ClN4/c1-13-11-21-19(23(13)12-15-7-9-16(20)10-8-15)24-18-6-4-3-5-17(18)14(2)22-24/h3-11H,12H2,1-2H3. The number of benzene rings is 2. The van der Waals surface area contributed by atoms with E-state index < -0.39 is 0 Å². The van der Waals surface area contributed by atoms with Crippen LogP contribution in [-0.2, 0) is 6.54 Å². The summed E-state index contributed by atoms with van der Waals surface area (Å²) in [6.07, 6.45) is 1.89. The number of hydrogen-bond donors (Lipinski definition) is 0. The van der Waals surface area contributed by atoms with Crippen molar-refractivity contribution in [2.24, 2.45) is 0 Å². The fraction of sp³-hybridized carbons (Fsp3) is 0.158. The molecule has 24 heavy (non-hydrogen) atoms. The average molecular weight is 337 g/mol. The van der Waals surface area contributed by atoms with Gasteiger partial charge in [-0.2, -0.15) is 9.78 Å². The molecule has 0 saturated carbocycles. The first-order chi connectivity index (χ1) is 11.6. The molecule has 0 fully saturated rings. The van der Waals surface area contributed by atoms with E-state index in [9.17, 15) is 0 Å². The van der Waals surface area contributed by atoms with Crippen LogP contribution in [0.4, 0.5) is 0 Å². The molecule has 0 radical (unpaired) electrons. The zero-order chi connectivity index (χ0) is 16.7. The van der Waals surface area contributed by atoms with E-state index in [1.54, 1.807) is 0 Å². The van der Waals surface area contributed by atoms with Crippen molar-refractivity contribution in [1.82, 2.24) is 19.3 Å². The molecule has 0 aliphatic heterocycles. The molecule has 0 saturated heterocycles. The van der Waals surface area contributed by atoms with E-state index >= 15 is 0 Å². The number of halogens is 1. The van der Waals surface area contributed by atoms with Crippen molar-refractivity contribution in [2.75, 3.05) is 0 Å². The molecule has 0 atom stereocenters. The minimum Gasteiger partial charge on any atom is -0.309 e. The molecule has 5 heteroatoms. The van der Waals surface area contributed by atoms with E-state index in [-0.39, 0.29) is 0 Å². The number of imidazole rings is 1. The first kappa shape index (κ1) is 15.0. The Morgan fingerprint density at radius 2 is 1.75 bits per heavy atom. The number of para-hydroxylation sites is 1. The molecule has 2 heterocycles. The molecule has 0 N–H and O–H groups in total. The van der Waals surface area contributed by atoms with Crippen molar-refractivity contribution in [3.8, 4) is 5.95 Å². The van der Waals surface area contributed by atoms with Gasteiger partial charge in [-0.05, 0) is 37.6 Å². The SMILES string of the molecule is Cc1nn(-c2ncc(C)n2Cc2ccc(Cl)cc2)c2ccccc12. The number of nitrogens with zero attached hydrogens (tertiary/aromatic N) is 4. The zero-order valence-corrected chi connectivity index (χ0v) is 14.3. The van der Waals surface area contributed by atoms with Crippen LogP contribution in [0.1, 0.15) is 17.0 Å². The highest BCUT2D eigenvalue weighted by molar-refractivity contribution is 6.30. The Balaban J connectivity index is 1.83. The van der Waals surface area contributed by atoms with Gasteiger partial charge in [0, 0.05) is 16.1 Å². The van der Waals surface area contributed by atoms with E-state index in [0.717, 1.165) is 39.8 Å². The van der Waals surface area contributed by atoms with Gasteiger partial charge in [0.25, 0.3) is 0 Å². The summed E-state index contributed by atoms with van der Waals surface area (Å²) >= 11 is 5.99. The normalized spacial score (nSPS) is 11.3. The van der Waals surface area contributed by atoms with Crippen LogP contribution in [0.3, 0.4) is 0 Å². The van der Waals surface area contributed by atoms with Crippen LogP contribution in [0, 0.1) is 13.8 Å². The van der Waals surface area contributed by atoms with Crippen molar-refractivity contribution in [2.45, 2.75) is 20.4 Å². The maximum Gasteiger partial charge on any atom is 0.231 e. The second-order valence-electron chi connectivity index (χ2n) is 5.93. The minimum absolute atomic E-state index is 0.728. The average Bonchev–Trinajstić information content (AvgIpc) is 3.11. The Labute approximate surface area is 145 Å². The highest BCUT2D eigenvalue weighted by Gasteiger charge is 2.15. The van der Waals surface area contributed by atoms with Crippen molar-refractivity contribution >= 4 is 22.5 Å². The van der Waals surface area contributed by atoms with Gasteiger partial charge in [0.05, 0.1) is 24.0 Å². The molecule has 4 aromatic rings. The van der Waals surface area contributed by atoms with Crippen LogP contribution in [0.25, 0.3) is 16.9 Å². The second kappa shape index (κ2) is 5.80. The molecule has 0 aliphatic carbocycles. The lowest BCUT2D eigenvalue weighted by Gasteiger charge is -2.11. The molecule has 0 aliphatic rings. The molecule has 0 spiro atoms. The topological polar surface area (TPSA) is 35.6 Å².